The summed E-state index contributed by atoms with van der Waals surface area (Å²) in [5.41, 5.74) is 1.69. The van der Waals surface area contributed by atoms with E-state index in [4.69, 9.17) is 16.7 Å². The summed E-state index contributed by atoms with van der Waals surface area (Å²) in [4.78, 5) is 14.2. The van der Waals surface area contributed by atoms with Crippen molar-refractivity contribution in [1.82, 2.24) is 5.32 Å². The molecule has 1 aromatic carbocycles. The first-order valence-electron chi connectivity index (χ1n) is 7.33. The molecule has 0 spiro atoms. The van der Waals surface area contributed by atoms with Crippen LogP contribution in [0.2, 0.25) is 5.02 Å². The van der Waals surface area contributed by atoms with Crippen LogP contribution >= 0.6 is 11.6 Å². The normalized spacial score (nSPS) is 16.4. The van der Waals surface area contributed by atoms with Crippen molar-refractivity contribution >= 4 is 29.0 Å². The van der Waals surface area contributed by atoms with Crippen LogP contribution in [0.4, 0.5) is 16.2 Å². The van der Waals surface area contributed by atoms with E-state index in [1.807, 2.05) is 12.1 Å². The Morgan fingerprint density at radius 2 is 2.10 bits per heavy atom. The lowest BCUT2D eigenvalue weighted by Gasteiger charge is -2.30. The molecule has 1 saturated heterocycles. The molecule has 116 valence electrons. The lowest BCUT2D eigenvalue weighted by Crippen LogP contribution is -2.38. The van der Waals surface area contributed by atoms with Gasteiger partial charge in [0.2, 0.25) is 0 Å². The highest BCUT2D eigenvalue weighted by molar-refractivity contribution is 6.31. The van der Waals surface area contributed by atoms with E-state index in [0.717, 1.165) is 31.6 Å². The van der Waals surface area contributed by atoms with Crippen molar-refractivity contribution in [2.75, 3.05) is 29.9 Å². The molecule has 2 amide bonds. The molecule has 3 N–H and O–H groups in total. The maximum absolute atomic E-state index is 11.9. The summed E-state index contributed by atoms with van der Waals surface area (Å²) in [6, 6.07) is 4.91. The molecule has 5 nitrogen and oxygen atoms in total. The van der Waals surface area contributed by atoms with Gasteiger partial charge in [0.25, 0.3) is 0 Å². The smallest absolute Gasteiger partial charge is 0.319 e. The first kappa shape index (κ1) is 15.9. The average Bonchev–Trinajstić information content (AvgIpc) is 2.48. The molecule has 6 heteroatoms. The highest BCUT2D eigenvalue weighted by Gasteiger charge is 2.16. The van der Waals surface area contributed by atoms with Crippen molar-refractivity contribution in [2.45, 2.75) is 32.2 Å². The molecule has 1 aliphatic heterocycles. The molecule has 0 bridgehead atoms. The van der Waals surface area contributed by atoms with E-state index in [1.54, 1.807) is 13.0 Å². The molecule has 1 aromatic rings. The molecule has 1 aliphatic rings. The molecule has 0 aromatic heterocycles. The second-order valence-corrected chi connectivity index (χ2v) is 5.83. The topological polar surface area (TPSA) is 64.6 Å². The number of benzene rings is 1. The van der Waals surface area contributed by atoms with Crippen molar-refractivity contribution in [1.29, 1.82) is 0 Å². The number of hydrogen-bond donors (Lipinski definition) is 3. The number of hydrogen-bond acceptors (Lipinski definition) is 3. The van der Waals surface area contributed by atoms with Crippen molar-refractivity contribution < 1.29 is 9.90 Å². The molecule has 21 heavy (non-hydrogen) atoms. The lowest BCUT2D eigenvalue weighted by molar-refractivity contribution is 0.229. The van der Waals surface area contributed by atoms with E-state index in [1.165, 1.54) is 6.42 Å². The molecule has 0 saturated carbocycles. The summed E-state index contributed by atoms with van der Waals surface area (Å²) in [7, 11) is 0. The Bertz CT molecular complexity index is 490. The zero-order valence-corrected chi connectivity index (χ0v) is 13.0. The van der Waals surface area contributed by atoms with E-state index in [0.29, 0.717) is 10.7 Å². The van der Waals surface area contributed by atoms with Gasteiger partial charge in [-0.3, -0.25) is 0 Å². The van der Waals surface area contributed by atoms with E-state index in [9.17, 15) is 4.79 Å². The lowest BCUT2D eigenvalue weighted by atomic mass is 10.1. The van der Waals surface area contributed by atoms with Gasteiger partial charge in [0, 0.05) is 18.1 Å². The Morgan fingerprint density at radius 1 is 1.38 bits per heavy atom. The Hall–Kier alpha value is -1.46. The Morgan fingerprint density at radius 3 is 2.76 bits per heavy atom. The van der Waals surface area contributed by atoms with Crippen molar-refractivity contribution in [3.8, 4) is 0 Å². The van der Waals surface area contributed by atoms with Gasteiger partial charge in [-0.1, -0.05) is 11.6 Å². The molecule has 1 heterocycles. The fraction of sp³-hybridized carbons (Fsp3) is 0.533. The number of aliphatic hydroxyl groups excluding tert-OH is 1. The van der Waals surface area contributed by atoms with Gasteiger partial charge in [-0.2, -0.15) is 0 Å². The van der Waals surface area contributed by atoms with Crippen LogP contribution in [0.15, 0.2) is 18.2 Å². The minimum absolute atomic E-state index is 0.0953. The number of nitrogens with zero attached hydrogens (tertiary/aromatic N) is 1. The SMILES string of the molecule is CC(CO)NC(=O)Nc1cc(Cl)ccc1N1CCCCC1. The third-order valence-corrected chi connectivity index (χ3v) is 3.79. The number of carbonyl (C=O) groups is 1. The molecule has 1 fully saturated rings. The van der Waals surface area contributed by atoms with Gasteiger partial charge in [-0.15, -0.1) is 0 Å². The monoisotopic (exact) mass is 311 g/mol. The number of rotatable bonds is 4. The van der Waals surface area contributed by atoms with E-state index < -0.39 is 0 Å². The molecular formula is C15H22ClN3O2. The summed E-state index contributed by atoms with van der Waals surface area (Å²) in [6.07, 6.45) is 3.58. The van der Waals surface area contributed by atoms with E-state index >= 15 is 0 Å². The first-order chi connectivity index (χ1) is 10.1. The van der Waals surface area contributed by atoms with Crippen LogP contribution in [-0.2, 0) is 0 Å². The number of halogens is 1. The second-order valence-electron chi connectivity index (χ2n) is 5.39. The summed E-state index contributed by atoms with van der Waals surface area (Å²) in [5, 5.41) is 15.1. The second kappa shape index (κ2) is 7.52. The minimum atomic E-state index is -0.336. The average molecular weight is 312 g/mol. The fourth-order valence-corrected chi connectivity index (χ4v) is 2.62. The third-order valence-electron chi connectivity index (χ3n) is 3.55. The zero-order chi connectivity index (χ0) is 15.2. The number of anilines is 2. The van der Waals surface area contributed by atoms with Crippen LogP contribution in [0.25, 0.3) is 0 Å². The molecule has 0 radical (unpaired) electrons. The summed E-state index contributed by atoms with van der Waals surface area (Å²) >= 11 is 6.04. The molecule has 2 rings (SSSR count). The fourth-order valence-electron chi connectivity index (χ4n) is 2.45. The first-order valence-corrected chi connectivity index (χ1v) is 7.71. The Balaban J connectivity index is 2.13. The standard InChI is InChI=1S/C15H22ClN3O2/c1-11(10-20)17-15(21)18-13-9-12(16)5-6-14(13)19-7-3-2-4-8-19/h5-6,9,11,20H,2-4,7-8,10H2,1H3,(H2,17,18,21). The van der Waals surface area contributed by atoms with Crippen LogP contribution in [0.1, 0.15) is 26.2 Å². The summed E-state index contributed by atoms with van der Waals surface area (Å²) in [6.45, 7) is 3.63. The number of urea groups is 1. The third kappa shape index (κ3) is 4.51. The van der Waals surface area contributed by atoms with Crippen LogP contribution in [-0.4, -0.2) is 36.9 Å². The molecule has 1 atom stereocenters. The minimum Gasteiger partial charge on any atom is -0.394 e. The molecular weight excluding hydrogens is 290 g/mol. The van der Waals surface area contributed by atoms with Gasteiger partial charge in [0.15, 0.2) is 0 Å². The van der Waals surface area contributed by atoms with Gasteiger partial charge < -0.3 is 20.6 Å². The summed E-state index contributed by atoms with van der Waals surface area (Å²) < 4.78 is 0. The van der Waals surface area contributed by atoms with Gasteiger partial charge >= 0.3 is 6.03 Å². The predicted octanol–water partition coefficient (Wildman–Crippen LogP) is 2.83. The maximum Gasteiger partial charge on any atom is 0.319 e. The number of aliphatic hydroxyl groups is 1. The van der Waals surface area contributed by atoms with Gasteiger partial charge in [0.1, 0.15) is 0 Å². The maximum atomic E-state index is 11.9. The Kier molecular flexibility index (Phi) is 5.70. The van der Waals surface area contributed by atoms with Crippen LogP contribution < -0.4 is 15.5 Å². The zero-order valence-electron chi connectivity index (χ0n) is 12.2. The van der Waals surface area contributed by atoms with Crippen LogP contribution in [0.5, 0.6) is 0 Å². The van der Waals surface area contributed by atoms with E-state index in [2.05, 4.69) is 15.5 Å². The van der Waals surface area contributed by atoms with Crippen molar-refractivity contribution in [3.05, 3.63) is 23.2 Å². The van der Waals surface area contributed by atoms with Crippen LogP contribution in [0, 0.1) is 0 Å². The van der Waals surface area contributed by atoms with Crippen LogP contribution in [0.3, 0.4) is 0 Å². The number of piperidine rings is 1. The number of carbonyl (C=O) groups excluding carboxylic acids is 1. The van der Waals surface area contributed by atoms with E-state index in [-0.39, 0.29) is 18.7 Å². The van der Waals surface area contributed by atoms with Crippen molar-refractivity contribution in [3.63, 3.8) is 0 Å². The highest BCUT2D eigenvalue weighted by atomic mass is 35.5. The van der Waals surface area contributed by atoms with Gasteiger partial charge in [-0.25, -0.2) is 4.79 Å². The number of nitrogens with one attached hydrogen (secondary N) is 2. The summed E-state index contributed by atoms with van der Waals surface area (Å²) in [5.74, 6) is 0. The van der Waals surface area contributed by atoms with Gasteiger partial charge in [-0.05, 0) is 44.4 Å². The predicted molar refractivity (Wildman–Crippen MR) is 86.2 cm³/mol. The highest BCUT2D eigenvalue weighted by Crippen LogP contribution is 2.31. The van der Waals surface area contributed by atoms with Crippen molar-refractivity contribution in [2.24, 2.45) is 0 Å². The quantitative estimate of drug-likeness (QED) is 0.801. The van der Waals surface area contributed by atoms with Gasteiger partial charge in [0.05, 0.1) is 24.0 Å². The number of amides is 2. The Labute approximate surface area is 130 Å². The largest absolute Gasteiger partial charge is 0.394 e. The molecule has 1 unspecified atom stereocenters. The molecule has 0 aliphatic carbocycles.